The Morgan fingerprint density at radius 2 is 2.04 bits per heavy atom. The molecule has 1 heterocycles. The van der Waals surface area contributed by atoms with E-state index in [1.807, 2.05) is 30.5 Å². The molecule has 0 aliphatic rings. The van der Waals surface area contributed by atoms with Crippen molar-refractivity contribution in [1.82, 2.24) is 4.98 Å². The lowest BCUT2D eigenvalue weighted by atomic mass is 10.1. The first-order valence-electron chi connectivity index (χ1n) is 8.12. The van der Waals surface area contributed by atoms with Gasteiger partial charge in [0, 0.05) is 23.9 Å². The van der Waals surface area contributed by atoms with E-state index in [4.69, 9.17) is 9.47 Å². The lowest BCUT2D eigenvalue weighted by Gasteiger charge is -2.18. The fraction of sp³-hybridized carbons (Fsp3) is 0.444. The third kappa shape index (κ3) is 4.06. The summed E-state index contributed by atoms with van der Waals surface area (Å²) in [5.41, 5.74) is 1.65. The Hall–Kier alpha value is -2.08. The number of anilines is 1. The maximum Gasteiger partial charge on any atom is 0.228 e. The predicted octanol–water partition coefficient (Wildman–Crippen LogP) is 4.37. The first kappa shape index (κ1) is 18.3. The highest BCUT2D eigenvalue weighted by Gasteiger charge is 2.19. The van der Waals surface area contributed by atoms with Gasteiger partial charge in [-0.1, -0.05) is 20.3 Å². The topological polar surface area (TPSA) is 51.7 Å². The van der Waals surface area contributed by atoms with Crippen LogP contribution in [0.2, 0.25) is 0 Å². The summed E-state index contributed by atoms with van der Waals surface area (Å²) in [4.78, 5) is 18.7. The number of ether oxygens (including phenoxy) is 2. The Balaban J connectivity index is 2.36. The zero-order chi connectivity index (χ0) is 17.5. The van der Waals surface area contributed by atoms with Crippen LogP contribution in [0.4, 0.5) is 5.13 Å². The molecule has 0 aliphatic carbocycles. The second-order valence-corrected chi connectivity index (χ2v) is 6.17. The zero-order valence-electron chi connectivity index (χ0n) is 14.7. The van der Waals surface area contributed by atoms with Crippen LogP contribution in [0.15, 0.2) is 23.6 Å². The predicted molar refractivity (Wildman–Crippen MR) is 98.2 cm³/mol. The van der Waals surface area contributed by atoms with Gasteiger partial charge in [0.15, 0.2) is 5.13 Å². The van der Waals surface area contributed by atoms with E-state index in [-0.39, 0.29) is 5.91 Å². The van der Waals surface area contributed by atoms with E-state index in [0.717, 1.165) is 40.7 Å². The van der Waals surface area contributed by atoms with E-state index in [0.29, 0.717) is 13.0 Å². The molecule has 0 saturated heterocycles. The fourth-order valence-electron chi connectivity index (χ4n) is 2.36. The molecule has 0 spiro atoms. The number of rotatable bonds is 8. The number of amides is 1. The third-order valence-corrected chi connectivity index (χ3v) is 4.61. The summed E-state index contributed by atoms with van der Waals surface area (Å²) in [6.07, 6.45) is 2.47. The van der Waals surface area contributed by atoms with Crippen LogP contribution in [-0.2, 0) is 4.79 Å². The molecule has 2 aromatic rings. The number of aromatic nitrogens is 1. The molecule has 1 aromatic heterocycles. The quantitative estimate of drug-likeness (QED) is 0.711. The van der Waals surface area contributed by atoms with Crippen LogP contribution in [0.25, 0.3) is 11.3 Å². The Morgan fingerprint density at radius 1 is 1.25 bits per heavy atom. The number of hydrogen-bond acceptors (Lipinski definition) is 5. The highest BCUT2D eigenvalue weighted by atomic mass is 32.1. The normalized spacial score (nSPS) is 10.5. The van der Waals surface area contributed by atoms with Crippen LogP contribution in [0.3, 0.4) is 0 Å². The maximum atomic E-state index is 12.2. The van der Waals surface area contributed by atoms with Crippen molar-refractivity contribution in [3.8, 4) is 22.8 Å². The summed E-state index contributed by atoms with van der Waals surface area (Å²) in [5, 5.41) is 2.68. The van der Waals surface area contributed by atoms with Crippen molar-refractivity contribution < 1.29 is 14.3 Å². The molecule has 0 bridgehead atoms. The Kier molecular flexibility index (Phi) is 6.61. The van der Waals surface area contributed by atoms with Crippen LogP contribution in [0.1, 0.15) is 33.1 Å². The smallest absolute Gasteiger partial charge is 0.228 e. The van der Waals surface area contributed by atoms with E-state index in [2.05, 4.69) is 11.9 Å². The van der Waals surface area contributed by atoms with Gasteiger partial charge in [-0.05, 0) is 24.6 Å². The van der Waals surface area contributed by atoms with Crippen molar-refractivity contribution in [2.45, 2.75) is 33.1 Å². The van der Waals surface area contributed by atoms with Crippen LogP contribution >= 0.6 is 11.3 Å². The van der Waals surface area contributed by atoms with Crippen molar-refractivity contribution in [2.24, 2.45) is 0 Å². The minimum Gasteiger partial charge on any atom is -0.497 e. The molecule has 1 aromatic carbocycles. The van der Waals surface area contributed by atoms with Gasteiger partial charge in [0.25, 0.3) is 0 Å². The van der Waals surface area contributed by atoms with Crippen molar-refractivity contribution in [2.75, 3.05) is 25.7 Å². The van der Waals surface area contributed by atoms with Gasteiger partial charge in [-0.15, -0.1) is 11.3 Å². The lowest BCUT2D eigenvalue weighted by molar-refractivity contribution is -0.118. The van der Waals surface area contributed by atoms with Crippen LogP contribution in [0.5, 0.6) is 11.5 Å². The standard InChI is InChI=1S/C18H24N2O3S/c1-5-7-10-20(17(21)6-2)18-19-15(12-24-18)14-11-13(22-3)8-9-16(14)23-4/h8-9,11-12H,5-7,10H2,1-4H3. The van der Waals surface area contributed by atoms with Gasteiger partial charge in [0.1, 0.15) is 11.5 Å². The van der Waals surface area contributed by atoms with E-state index in [9.17, 15) is 4.79 Å². The van der Waals surface area contributed by atoms with Crippen LogP contribution < -0.4 is 14.4 Å². The molecule has 0 atom stereocenters. The number of nitrogens with zero attached hydrogens (tertiary/aromatic N) is 2. The molecule has 0 unspecified atom stereocenters. The molecule has 0 N–H and O–H groups in total. The highest BCUT2D eigenvalue weighted by molar-refractivity contribution is 7.14. The number of benzene rings is 1. The number of carbonyl (C=O) groups excluding carboxylic acids is 1. The van der Waals surface area contributed by atoms with Gasteiger partial charge in [-0.3, -0.25) is 9.69 Å². The average molecular weight is 348 g/mol. The molecule has 0 radical (unpaired) electrons. The van der Waals surface area contributed by atoms with Gasteiger partial charge in [-0.2, -0.15) is 0 Å². The average Bonchev–Trinajstić information content (AvgIpc) is 3.10. The van der Waals surface area contributed by atoms with Crippen LogP contribution in [-0.4, -0.2) is 31.7 Å². The molecule has 5 nitrogen and oxygen atoms in total. The summed E-state index contributed by atoms with van der Waals surface area (Å²) in [5.74, 6) is 1.57. The molecular formula is C18H24N2O3S. The van der Waals surface area contributed by atoms with E-state index in [1.54, 1.807) is 19.1 Å². The summed E-state index contributed by atoms with van der Waals surface area (Å²) >= 11 is 1.48. The monoisotopic (exact) mass is 348 g/mol. The Morgan fingerprint density at radius 3 is 2.67 bits per heavy atom. The minimum atomic E-state index is 0.0990. The first-order valence-corrected chi connectivity index (χ1v) is 9.00. The summed E-state index contributed by atoms with van der Waals surface area (Å²) < 4.78 is 10.7. The molecule has 0 aliphatic heterocycles. The highest BCUT2D eigenvalue weighted by Crippen LogP contribution is 2.36. The van der Waals surface area contributed by atoms with Crippen molar-refractivity contribution in [3.63, 3.8) is 0 Å². The number of thiazole rings is 1. The van der Waals surface area contributed by atoms with Gasteiger partial charge in [0.2, 0.25) is 5.91 Å². The molecule has 130 valence electrons. The Bertz CT molecular complexity index is 685. The minimum absolute atomic E-state index is 0.0990. The Labute approximate surface area is 147 Å². The van der Waals surface area contributed by atoms with E-state index >= 15 is 0 Å². The number of unbranched alkanes of at least 4 members (excludes halogenated alkanes) is 1. The second-order valence-electron chi connectivity index (χ2n) is 5.33. The molecule has 2 rings (SSSR count). The van der Waals surface area contributed by atoms with Gasteiger partial charge in [-0.25, -0.2) is 4.98 Å². The SMILES string of the molecule is CCCCN(C(=O)CC)c1nc(-c2cc(OC)ccc2OC)cs1. The van der Waals surface area contributed by atoms with Gasteiger partial charge in [0.05, 0.1) is 19.9 Å². The zero-order valence-corrected chi connectivity index (χ0v) is 15.5. The van der Waals surface area contributed by atoms with Gasteiger partial charge < -0.3 is 9.47 Å². The van der Waals surface area contributed by atoms with Crippen molar-refractivity contribution in [1.29, 1.82) is 0 Å². The number of methoxy groups -OCH3 is 2. The fourth-order valence-corrected chi connectivity index (χ4v) is 3.23. The third-order valence-electron chi connectivity index (χ3n) is 3.74. The molecule has 1 amide bonds. The molecular weight excluding hydrogens is 324 g/mol. The van der Waals surface area contributed by atoms with Gasteiger partial charge >= 0.3 is 0 Å². The molecule has 0 saturated carbocycles. The number of carbonyl (C=O) groups is 1. The van der Waals surface area contributed by atoms with Crippen LogP contribution in [0, 0.1) is 0 Å². The summed E-state index contributed by atoms with van der Waals surface area (Å²) in [6, 6.07) is 5.61. The first-order chi connectivity index (χ1) is 11.6. The molecule has 6 heteroatoms. The molecule has 0 fully saturated rings. The van der Waals surface area contributed by atoms with E-state index < -0.39 is 0 Å². The molecule has 24 heavy (non-hydrogen) atoms. The van der Waals surface area contributed by atoms with E-state index in [1.165, 1.54) is 11.3 Å². The largest absolute Gasteiger partial charge is 0.497 e. The maximum absolute atomic E-state index is 12.2. The summed E-state index contributed by atoms with van der Waals surface area (Å²) in [6.45, 7) is 4.69. The van der Waals surface area contributed by atoms with Crippen molar-refractivity contribution >= 4 is 22.4 Å². The lowest BCUT2D eigenvalue weighted by Crippen LogP contribution is -2.31. The summed E-state index contributed by atoms with van der Waals surface area (Å²) in [7, 11) is 3.26. The van der Waals surface area contributed by atoms with Crippen molar-refractivity contribution in [3.05, 3.63) is 23.6 Å². The second kappa shape index (κ2) is 8.68. The number of hydrogen-bond donors (Lipinski definition) is 0.